The summed E-state index contributed by atoms with van der Waals surface area (Å²) in [6.07, 6.45) is 0.892. The zero-order valence-electron chi connectivity index (χ0n) is 10.2. The smallest absolute Gasteiger partial charge is 0.0963 e. The molecular weight excluding hydrogens is 220 g/mol. The van der Waals surface area contributed by atoms with Crippen LogP contribution >= 0.6 is 11.3 Å². The van der Waals surface area contributed by atoms with E-state index < -0.39 is 0 Å². The molecule has 0 unspecified atom stereocenters. The number of amidine groups is 1. The topological polar surface area (TPSA) is 66.0 Å². The Morgan fingerprint density at radius 3 is 2.81 bits per heavy atom. The van der Waals surface area contributed by atoms with Crippen LogP contribution < -0.4 is 5.73 Å². The van der Waals surface area contributed by atoms with Gasteiger partial charge in [0.25, 0.3) is 0 Å². The Balaban J connectivity index is 2.35. The molecule has 1 aromatic heterocycles. The van der Waals surface area contributed by atoms with E-state index in [-0.39, 0.29) is 11.3 Å². The van der Waals surface area contributed by atoms with Crippen LogP contribution in [0.25, 0.3) is 0 Å². The van der Waals surface area contributed by atoms with E-state index in [0.717, 1.165) is 25.2 Å². The van der Waals surface area contributed by atoms with Crippen LogP contribution in [0.5, 0.6) is 0 Å². The SMILES string of the molecule is CN(CCC(C)(C)C(=N)N)Cc1cscn1. The molecule has 0 atom stereocenters. The van der Waals surface area contributed by atoms with E-state index in [1.165, 1.54) is 0 Å². The Bertz CT molecular complexity index is 332. The fourth-order valence-corrected chi connectivity index (χ4v) is 1.83. The number of nitrogens with zero attached hydrogens (tertiary/aromatic N) is 2. The summed E-state index contributed by atoms with van der Waals surface area (Å²) in [6, 6.07) is 0. The first kappa shape index (κ1) is 13.1. The molecule has 1 heterocycles. The monoisotopic (exact) mass is 240 g/mol. The summed E-state index contributed by atoms with van der Waals surface area (Å²) in [5.41, 5.74) is 8.29. The lowest BCUT2D eigenvalue weighted by atomic mass is 9.88. The van der Waals surface area contributed by atoms with Crippen molar-refractivity contribution in [2.75, 3.05) is 13.6 Å². The van der Waals surface area contributed by atoms with Crippen molar-refractivity contribution in [2.24, 2.45) is 11.1 Å². The Hall–Kier alpha value is -0.940. The molecule has 0 saturated carbocycles. The molecule has 0 spiro atoms. The number of nitrogens with one attached hydrogen (secondary N) is 1. The molecule has 0 fully saturated rings. The molecule has 0 radical (unpaired) electrons. The van der Waals surface area contributed by atoms with Crippen molar-refractivity contribution in [2.45, 2.75) is 26.8 Å². The second-order valence-electron chi connectivity index (χ2n) is 4.77. The van der Waals surface area contributed by atoms with Crippen molar-refractivity contribution in [1.29, 1.82) is 5.41 Å². The lowest BCUT2D eigenvalue weighted by molar-refractivity contribution is 0.282. The third-order valence-corrected chi connectivity index (χ3v) is 3.40. The zero-order valence-corrected chi connectivity index (χ0v) is 11.0. The van der Waals surface area contributed by atoms with E-state index in [0.29, 0.717) is 0 Å². The maximum Gasteiger partial charge on any atom is 0.0963 e. The number of aromatic nitrogens is 1. The van der Waals surface area contributed by atoms with E-state index >= 15 is 0 Å². The Morgan fingerprint density at radius 1 is 1.62 bits per heavy atom. The van der Waals surface area contributed by atoms with Crippen LogP contribution in [0.1, 0.15) is 26.0 Å². The van der Waals surface area contributed by atoms with Gasteiger partial charge in [-0.05, 0) is 20.0 Å². The van der Waals surface area contributed by atoms with Crippen LogP contribution in [0.15, 0.2) is 10.9 Å². The molecule has 90 valence electrons. The van der Waals surface area contributed by atoms with Crippen LogP contribution in [-0.4, -0.2) is 29.3 Å². The molecular formula is C11H20N4S. The van der Waals surface area contributed by atoms with Crippen molar-refractivity contribution < 1.29 is 0 Å². The number of hydrogen-bond acceptors (Lipinski definition) is 4. The number of hydrogen-bond donors (Lipinski definition) is 2. The van der Waals surface area contributed by atoms with E-state index in [4.69, 9.17) is 11.1 Å². The molecule has 0 aromatic carbocycles. The van der Waals surface area contributed by atoms with Gasteiger partial charge >= 0.3 is 0 Å². The predicted octanol–water partition coefficient (Wildman–Crippen LogP) is 1.93. The molecule has 0 aliphatic carbocycles. The summed E-state index contributed by atoms with van der Waals surface area (Å²) in [4.78, 5) is 6.45. The molecule has 3 N–H and O–H groups in total. The zero-order chi connectivity index (χ0) is 12.2. The van der Waals surface area contributed by atoms with Crippen molar-refractivity contribution in [1.82, 2.24) is 9.88 Å². The molecule has 1 aromatic rings. The lowest BCUT2D eigenvalue weighted by Gasteiger charge is -2.25. The van der Waals surface area contributed by atoms with Crippen LogP contribution in [-0.2, 0) is 6.54 Å². The normalized spacial score (nSPS) is 12.0. The Morgan fingerprint density at radius 2 is 2.31 bits per heavy atom. The third kappa shape index (κ3) is 3.90. The first-order valence-electron chi connectivity index (χ1n) is 5.32. The summed E-state index contributed by atoms with van der Waals surface area (Å²) < 4.78 is 0. The van der Waals surface area contributed by atoms with Crippen LogP contribution in [0, 0.1) is 10.8 Å². The quantitative estimate of drug-likeness (QED) is 0.590. The fraction of sp³-hybridized carbons (Fsp3) is 0.636. The van der Waals surface area contributed by atoms with Gasteiger partial charge in [0, 0.05) is 17.3 Å². The summed E-state index contributed by atoms with van der Waals surface area (Å²) in [5, 5.41) is 9.55. The van der Waals surface area contributed by atoms with Crippen molar-refractivity contribution in [3.63, 3.8) is 0 Å². The summed E-state index contributed by atoms with van der Waals surface area (Å²) in [5.74, 6) is 0.259. The van der Waals surface area contributed by atoms with E-state index in [9.17, 15) is 0 Å². The molecule has 16 heavy (non-hydrogen) atoms. The average Bonchev–Trinajstić information content (AvgIpc) is 2.67. The second kappa shape index (κ2) is 5.41. The van der Waals surface area contributed by atoms with Gasteiger partial charge in [-0.1, -0.05) is 13.8 Å². The van der Waals surface area contributed by atoms with E-state index in [1.54, 1.807) is 11.3 Å². The first-order valence-corrected chi connectivity index (χ1v) is 6.26. The fourth-order valence-electron chi connectivity index (χ4n) is 1.28. The minimum atomic E-state index is -0.212. The Labute approximate surface area is 101 Å². The average molecular weight is 240 g/mol. The molecule has 1 rings (SSSR count). The van der Waals surface area contributed by atoms with E-state index in [1.807, 2.05) is 19.4 Å². The maximum atomic E-state index is 7.49. The highest BCUT2D eigenvalue weighted by Gasteiger charge is 2.21. The molecule has 4 nitrogen and oxygen atoms in total. The van der Waals surface area contributed by atoms with Gasteiger partial charge in [0.1, 0.15) is 0 Å². The Kier molecular flexibility index (Phi) is 4.44. The van der Waals surface area contributed by atoms with Gasteiger partial charge in [0.2, 0.25) is 0 Å². The van der Waals surface area contributed by atoms with Gasteiger partial charge in [0.15, 0.2) is 0 Å². The predicted molar refractivity (Wildman–Crippen MR) is 68.8 cm³/mol. The minimum Gasteiger partial charge on any atom is -0.387 e. The standard InChI is InChI=1S/C11H20N4S/c1-11(2,10(12)13)4-5-15(3)6-9-7-16-8-14-9/h7-8H,4-6H2,1-3H3,(H3,12,13). The summed E-state index contributed by atoms with van der Waals surface area (Å²) in [7, 11) is 2.07. The highest BCUT2D eigenvalue weighted by atomic mass is 32.1. The third-order valence-electron chi connectivity index (χ3n) is 2.76. The van der Waals surface area contributed by atoms with Crippen molar-refractivity contribution in [3.8, 4) is 0 Å². The summed E-state index contributed by atoms with van der Waals surface area (Å²) >= 11 is 1.62. The van der Waals surface area contributed by atoms with Crippen LogP contribution in [0.2, 0.25) is 0 Å². The molecule has 0 bridgehead atoms. The molecule has 0 amide bonds. The minimum absolute atomic E-state index is 0.212. The summed E-state index contributed by atoms with van der Waals surface area (Å²) in [6.45, 7) is 5.79. The number of nitrogens with two attached hydrogens (primary N) is 1. The number of rotatable bonds is 6. The van der Waals surface area contributed by atoms with Gasteiger partial charge in [-0.2, -0.15) is 0 Å². The maximum absolute atomic E-state index is 7.49. The van der Waals surface area contributed by atoms with Gasteiger partial charge in [0.05, 0.1) is 17.0 Å². The highest BCUT2D eigenvalue weighted by molar-refractivity contribution is 7.07. The second-order valence-corrected chi connectivity index (χ2v) is 5.48. The van der Waals surface area contributed by atoms with Gasteiger partial charge in [-0.15, -0.1) is 11.3 Å². The molecule has 0 saturated heterocycles. The van der Waals surface area contributed by atoms with Crippen molar-refractivity contribution >= 4 is 17.2 Å². The van der Waals surface area contributed by atoms with Gasteiger partial charge in [-0.3, -0.25) is 5.41 Å². The van der Waals surface area contributed by atoms with E-state index in [2.05, 4.69) is 22.3 Å². The molecule has 5 heteroatoms. The molecule has 0 aliphatic rings. The van der Waals surface area contributed by atoms with Crippen molar-refractivity contribution in [3.05, 3.63) is 16.6 Å². The highest BCUT2D eigenvalue weighted by Crippen LogP contribution is 2.20. The van der Waals surface area contributed by atoms with Gasteiger partial charge < -0.3 is 10.6 Å². The van der Waals surface area contributed by atoms with Crippen LogP contribution in [0.3, 0.4) is 0 Å². The molecule has 0 aliphatic heterocycles. The lowest BCUT2D eigenvalue weighted by Crippen LogP contribution is -2.34. The largest absolute Gasteiger partial charge is 0.387 e. The number of thiazole rings is 1. The van der Waals surface area contributed by atoms with Crippen LogP contribution in [0.4, 0.5) is 0 Å². The first-order chi connectivity index (χ1) is 7.42. The van der Waals surface area contributed by atoms with Gasteiger partial charge in [-0.25, -0.2) is 4.98 Å².